The average molecular weight is 469 g/mol. The number of hydrogen-bond donors (Lipinski definition) is 2. The zero-order valence-electron chi connectivity index (χ0n) is 17.5. The van der Waals surface area contributed by atoms with Crippen molar-refractivity contribution >= 4 is 29.1 Å². The largest absolute Gasteiger partial charge is 0.346 e. The van der Waals surface area contributed by atoms with Crippen LogP contribution >= 0.6 is 11.6 Å². The first-order valence-corrected chi connectivity index (χ1v) is 10.5. The van der Waals surface area contributed by atoms with Gasteiger partial charge in [0, 0.05) is 37.7 Å². The van der Waals surface area contributed by atoms with Crippen LogP contribution in [0.25, 0.3) is 0 Å². The van der Waals surface area contributed by atoms with Crippen molar-refractivity contribution in [2.75, 3.05) is 38.0 Å². The summed E-state index contributed by atoms with van der Waals surface area (Å²) in [6, 6.07) is 8.86. The molecule has 2 aromatic carbocycles. The summed E-state index contributed by atoms with van der Waals surface area (Å²) in [5, 5.41) is 5.31. The van der Waals surface area contributed by atoms with E-state index < -0.39 is 41.6 Å². The Morgan fingerprint density at radius 2 is 1.78 bits per heavy atom. The van der Waals surface area contributed by atoms with Gasteiger partial charge in [-0.15, -0.1) is 0 Å². The van der Waals surface area contributed by atoms with Gasteiger partial charge < -0.3 is 10.6 Å². The lowest BCUT2D eigenvalue weighted by molar-refractivity contribution is -0.128. The molecule has 0 aromatic heterocycles. The van der Waals surface area contributed by atoms with E-state index in [0.717, 1.165) is 31.3 Å². The van der Waals surface area contributed by atoms with Gasteiger partial charge in [0.2, 0.25) is 11.8 Å². The van der Waals surface area contributed by atoms with E-state index in [-0.39, 0.29) is 5.91 Å². The molecule has 0 bridgehead atoms. The van der Waals surface area contributed by atoms with Gasteiger partial charge in [0.15, 0.2) is 17.5 Å². The van der Waals surface area contributed by atoms with Crippen LogP contribution in [0.3, 0.4) is 0 Å². The summed E-state index contributed by atoms with van der Waals surface area (Å²) in [5.41, 5.74) is 0.632. The fourth-order valence-electron chi connectivity index (χ4n) is 3.50. The highest BCUT2D eigenvalue weighted by molar-refractivity contribution is 6.30. The molecule has 6 nitrogen and oxygen atoms in total. The van der Waals surface area contributed by atoms with Crippen molar-refractivity contribution in [3.05, 3.63) is 64.4 Å². The van der Waals surface area contributed by atoms with Crippen LogP contribution in [0.2, 0.25) is 5.02 Å². The number of nitrogens with zero attached hydrogens (tertiary/aromatic N) is 2. The van der Waals surface area contributed by atoms with Crippen molar-refractivity contribution in [2.45, 2.75) is 19.5 Å². The van der Waals surface area contributed by atoms with Crippen molar-refractivity contribution in [1.29, 1.82) is 0 Å². The lowest BCUT2D eigenvalue weighted by atomic mass is 10.1. The fraction of sp³-hybridized carbons (Fsp3) is 0.364. The highest BCUT2D eigenvalue weighted by Crippen LogP contribution is 2.19. The van der Waals surface area contributed by atoms with Gasteiger partial charge in [-0.2, -0.15) is 0 Å². The summed E-state index contributed by atoms with van der Waals surface area (Å²) < 4.78 is 39.9. The minimum Gasteiger partial charge on any atom is -0.346 e. The number of rotatable bonds is 7. The molecule has 3 rings (SSSR count). The number of hydrogen-bond acceptors (Lipinski definition) is 4. The second kappa shape index (κ2) is 10.8. The third kappa shape index (κ3) is 6.21. The van der Waals surface area contributed by atoms with E-state index in [1.165, 1.54) is 0 Å². The van der Waals surface area contributed by atoms with Crippen molar-refractivity contribution in [2.24, 2.45) is 0 Å². The van der Waals surface area contributed by atoms with E-state index in [2.05, 4.69) is 15.5 Å². The monoisotopic (exact) mass is 468 g/mol. The number of halogens is 4. The Bertz CT molecular complexity index is 984. The van der Waals surface area contributed by atoms with Gasteiger partial charge in [-0.3, -0.25) is 19.4 Å². The van der Waals surface area contributed by atoms with Gasteiger partial charge in [-0.25, -0.2) is 13.2 Å². The Kier molecular flexibility index (Phi) is 8.11. The number of amides is 2. The first-order chi connectivity index (χ1) is 15.2. The van der Waals surface area contributed by atoms with E-state index in [1.54, 1.807) is 6.92 Å². The van der Waals surface area contributed by atoms with Crippen LogP contribution in [0.4, 0.5) is 18.9 Å². The standard InChI is InChI=1S/C22H24ClF3N4O2/c1-14(30-9-7-29(8-10-30)13-15-3-2-4-16(23)11-15)22(32)27-12-19(31)28-18-6-5-17(24)20(25)21(18)26/h2-6,11,14H,7-10,12-13H2,1H3,(H,27,32)(H,28,31). The van der Waals surface area contributed by atoms with Crippen LogP contribution in [0.15, 0.2) is 36.4 Å². The molecule has 0 saturated carbocycles. The molecule has 1 fully saturated rings. The molecule has 0 aliphatic carbocycles. The van der Waals surface area contributed by atoms with E-state index in [9.17, 15) is 22.8 Å². The second-order valence-corrected chi connectivity index (χ2v) is 8.04. The number of carbonyl (C=O) groups excluding carboxylic acids is 2. The lowest BCUT2D eigenvalue weighted by Gasteiger charge is -2.37. The molecule has 2 aromatic rings. The molecule has 10 heteroatoms. The van der Waals surface area contributed by atoms with Crippen LogP contribution in [0.5, 0.6) is 0 Å². The van der Waals surface area contributed by atoms with Crippen molar-refractivity contribution < 1.29 is 22.8 Å². The minimum atomic E-state index is -1.67. The normalized spacial score (nSPS) is 15.9. The zero-order chi connectivity index (χ0) is 23.3. The molecular formula is C22H24ClF3N4O2. The molecular weight excluding hydrogens is 445 g/mol. The Balaban J connectivity index is 1.43. The highest BCUT2D eigenvalue weighted by Gasteiger charge is 2.26. The quantitative estimate of drug-likeness (QED) is 0.613. The summed E-state index contributed by atoms with van der Waals surface area (Å²) in [4.78, 5) is 28.7. The van der Waals surface area contributed by atoms with Crippen LogP contribution < -0.4 is 10.6 Å². The number of benzene rings is 2. The molecule has 0 radical (unpaired) electrons. The van der Waals surface area contributed by atoms with E-state index in [0.29, 0.717) is 24.2 Å². The van der Waals surface area contributed by atoms with Crippen LogP contribution in [-0.2, 0) is 16.1 Å². The lowest BCUT2D eigenvalue weighted by Crippen LogP contribution is -2.54. The van der Waals surface area contributed by atoms with Crippen molar-refractivity contribution in [1.82, 2.24) is 15.1 Å². The van der Waals surface area contributed by atoms with Crippen LogP contribution in [0, 0.1) is 17.5 Å². The Morgan fingerprint density at radius 3 is 2.47 bits per heavy atom. The Hall–Kier alpha value is -2.62. The SMILES string of the molecule is CC(C(=O)NCC(=O)Nc1ccc(F)c(F)c1F)N1CCN(Cc2cccc(Cl)c2)CC1. The smallest absolute Gasteiger partial charge is 0.243 e. The maximum atomic E-state index is 13.6. The molecule has 2 N–H and O–H groups in total. The molecule has 1 atom stereocenters. The van der Waals surface area contributed by atoms with E-state index in [4.69, 9.17) is 11.6 Å². The van der Waals surface area contributed by atoms with Gasteiger partial charge in [0.1, 0.15) is 0 Å². The van der Waals surface area contributed by atoms with E-state index >= 15 is 0 Å². The summed E-state index contributed by atoms with van der Waals surface area (Å²) in [6.07, 6.45) is 0. The molecule has 2 amide bonds. The summed E-state index contributed by atoms with van der Waals surface area (Å²) >= 11 is 6.03. The average Bonchev–Trinajstić information content (AvgIpc) is 2.78. The molecule has 32 heavy (non-hydrogen) atoms. The second-order valence-electron chi connectivity index (χ2n) is 7.61. The molecule has 1 heterocycles. The fourth-order valence-corrected chi connectivity index (χ4v) is 3.71. The van der Waals surface area contributed by atoms with Gasteiger partial charge >= 0.3 is 0 Å². The number of piperazine rings is 1. The first-order valence-electron chi connectivity index (χ1n) is 10.2. The first kappa shape index (κ1) is 24.0. The van der Waals surface area contributed by atoms with Crippen LogP contribution in [0.1, 0.15) is 12.5 Å². The molecule has 1 saturated heterocycles. The summed E-state index contributed by atoms with van der Waals surface area (Å²) in [6.45, 7) is 5.02. The van der Waals surface area contributed by atoms with Crippen molar-refractivity contribution in [3.8, 4) is 0 Å². The minimum absolute atomic E-state index is 0.353. The van der Waals surface area contributed by atoms with Gasteiger partial charge in [-0.05, 0) is 36.8 Å². The molecule has 1 unspecified atom stereocenters. The van der Waals surface area contributed by atoms with Gasteiger partial charge in [0.25, 0.3) is 0 Å². The Labute approximate surface area is 189 Å². The third-order valence-electron chi connectivity index (χ3n) is 5.36. The van der Waals surface area contributed by atoms with Gasteiger partial charge in [-0.1, -0.05) is 23.7 Å². The molecule has 1 aliphatic rings. The topological polar surface area (TPSA) is 64.7 Å². The number of anilines is 1. The molecule has 1 aliphatic heterocycles. The molecule has 0 spiro atoms. The zero-order valence-corrected chi connectivity index (χ0v) is 18.3. The summed E-state index contributed by atoms with van der Waals surface area (Å²) in [7, 11) is 0. The Morgan fingerprint density at radius 1 is 1.06 bits per heavy atom. The van der Waals surface area contributed by atoms with Crippen LogP contribution in [-0.4, -0.2) is 60.4 Å². The molecule has 172 valence electrons. The number of carbonyl (C=O) groups is 2. The van der Waals surface area contributed by atoms with E-state index in [1.807, 2.05) is 29.2 Å². The van der Waals surface area contributed by atoms with Gasteiger partial charge in [0.05, 0.1) is 18.3 Å². The third-order valence-corrected chi connectivity index (χ3v) is 5.60. The van der Waals surface area contributed by atoms with Crippen molar-refractivity contribution in [3.63, 3.8) is 0 Å². The predicted molar refractivity (Wildman–Crippen MR) is 116 cm³/mol. The predicted octanol–water partition coefficient (Wildman–Crippen LogP) is 3.02. The maximum absolute atomic E-state index is 13.6. The number of nitrogens with one attached hydrogen (secondary N) is 2. The maximum Gasteiger partial charge on any atom is 0.243 e. The highest BCUT2D eigenvalue weighted by atomic mass is 35.5. The summed E-state index contributed by atoms with van der Waals surface area (Å²) in [5.74, 6) is -5.62.